The van der Waals surface area contributed by atoms with Crippen LogP contribution in [-0.4, -0.2) is 25.1 Å². The maximum absolute atomic E-state index is 3.42. The summed E-state index contributed by atoms with van der Waals surface area (Å²) < 4.78 is 0. The molecule has 0 aliphatic heterocycles. The van der Waals surface area contributed by atoms with E-state index in [0.29, 0.717) is 6.04 Å². The van der Waals surface area contributed by atoms with Crippen LogP contribution in [0, 0.1) is 6.92 Å². The molecule has 0 saturated carbocycles. The first-order chi connectivity index (χ1) is 6.99. The van der Waals surface area contributed by atoms with Crippen LogP contribution in [0.1, 0.15) is 19.4 Å². The van der Waals surface area contributed by atoms with Gasteiger partial charge in [-0.3, -0.25) is 0 Å². The van der Waals surface area contributed by atoms with Gasteiger partial charge < -0.3 is 10.7 Å². The Labute approximate surface area is 92.5 Å². The van der Waals surface area contributed by atoms with Crippen molar-refractivity contribution >= 4 is 11.4 Å². The predicted octanol–water partition coefficient (Wildman–Crippen LogP) is 2.70. The van der Waals surface area contributed by atoms with Crippen LogP contribution in [0.5, 0.6) is 0 Å². The number of hydrogen-bond acceptors (Lipinski definition) is 3. The van der Waals surface area contributed by atoms with Gasteiger partial charge in [-0.05, 0) is 38.5 Å². The molecule has 0 aromatic heterocycles. The minimum atomic E-state index is 0.440. The number of aryl methyl sites for hydroxylation is 1. The number of anilines is 2. The summed E-state index contributed by atoms with van der Waals surface area (Å²) in [5.41, 5.74) is 6.81. The fourth-order valence-electron chi connectivity index (χ4n) is 1.43. The van der Waals surface area contributed by atoms with Crippen molar-refractivity contribution in [1.82, 2.24) is 5.01 Å². The maximum atomic E-state index is 3.42. The lowest BCUT2D eigenvalue weighted by Crippen LogP contribution is -2.21. The van der Waals surface area contributed by atoms with Crippen LogP contribution in [0.4, 0.5) is 11.4 Å². The Hall–Kier alpha value is -1.22. The van der Waals surface area contributed by atoms with Gasteiger partial charge in [0.05, 0.1) is 11.4 Å². The van der Waals surface area contributed by atoms with Crippen LogP contribution in [-0.2, 0) is 0 Å². The van der Waals surface area contributed by atoms with E-state index in [0.717, 1.165) is 11.4 Å². The van der Waals surface area contributed by atoms with Crippen molar-refractivity contribution < 1.29 is 0 Å². The number of hydrazine groups is 1. The number of benzene rings is 1. The SMILES string of the molecule is Cc1ccc(NC(C)C)c(NN(C)C)c1. The maximum Gasteiger partial charge on any atom is 0.0724 e. The molecule has 0 amide bonds. The molecule has 15 heavy (non-hydrogen) atoms. The van der Waals surface area contributed by atoms with Crippen LogP contribution in [0.3, 0.4) is 0 Å². The molecule has 0 saturated heterocycles. The number of hydrogen-bond donors (Lipinski definition) is 2. The zero-order valence-corrected chi connectivity index (χ0v) is 10.3. The summed E-state index contributed by atoms with van der Waals surface area (Å²) >= 11 is 0. The third-order valence-corrected chi connectivity index (χ3v) is 1.96. The lowest BCUT2D eigenvalue weighted by molar-refractivity contribution is 0.495. The average molecular weight is 207 g/mol. The minimum absolute atomic E-state index is 0.440. The number of nitrogens with one attached hydrogen (secondary N) is 2. The summed E-state index contributed by atoms with van der Waals surface area (Å²) in [6.45, 7) is 6.37. The topological polar surface area (TPSA) is 27.3 Å². The Bertz CT molecular complexity index is 319. The second-order valence-electron chi connectivity index (χ2n) is 4.35. The molecule has 1 rings (SSSR count). The lowest BCUT2D eigenvalue weighted by atomic mass is 10.2. The lowest BCUT2D eigenvalue weighted by Gasteiger charge is -2.20. The van der Waals surface area contributed by atoms with Crippen LogP contribution in [0.2, 0.25) is 0 Å². The summed E-state index contributed by atoms with van der Waals surface area (Å²) in [7, 11) is 3.98. The second-order valence-corrected chi connectivity index (χ2v) is 4.35. The normalized spacial score (nSPS) is 10.9. The summed E-state index contributed by atoms with van der Waals surface area (Å²) in [5, 5.41) is 5.36. The van der Waals surface area contributed by atoms with E-state index in [9.17, 15) is 0 Å². The first-order valence-corrected chi connectivity index (χ1v) is 5.30. The van der Waals surface area contributed by atoms with E-state index in [1.54, 1.807) is 0 Å². The van der Waals surface area contributed by atoms with Gasteiger partial charge in [-0.15, -0.1) is 0 Å². The molecule has 0 fully saturated rings. The standard InChI is InChI=1S/C12H21N3/c1-9(2)13-11-7-6-10(3)8-12(11)14-15(4)5/h6-9,13-14H,1-5H3. The van der Waals surface area contributed by atoms with Crippen molar-refractivity contribution in [3.8, 4) is 0 Å². The van der Waals surface area contributed by atoms with Gasteiger partial charge in [0.25, 0.3) is 0 Å². The average Bonchev–Trinajstić information content (AvgIpc) is 2.08. The molecule has 0 radical (unpaired) electrons. The van der Waals surface area contributed by atoms with Gasteiger partial charge in [0.15, 0.2) is 0 Å². The van der Waals surface area contributed by atoms with E-state index in [1.165, 1.54) is 5.56 Å². The van der Waals surface area contributed by atoms with Crippen molar-refractivity contribution in [3.63, 3.8) is 0 Å². The third-order valence-electron chi connectivity index (χ3n) is 1.96. The largest absolute Gasteiger partial charge is 0.381 e. The molecular formula is C12H21N3. The molecule has 0 heterocycles. The number of nitrogens with zero attached hydrogens (tertiary/aromatic N) is 1. The third kappa shape index (κ3) is 3.80. The highest BCUT2D eigenvalue weighted by molar-refractivity contribution is 5.69. The molecule has 0 unspecified atom stereocenters. The molecule has 0 bridgehead atoms. The minimum Gasteiger partial charge on any atom is -0.381 e. The van der Waals surface area contributed by atoms with Gasteiger partial charge in [-0.25, -0.2) is 5.01 Å². The molecule has 1 aromatic carbocycles. The molecule has 2 N–H and O–H groups in total. The van der Waals surface area contributed by atoms with Crippen LogP contribution in [0.15, 0.2) is 18.2 Å². The first kappa shape index (κ1) is 11.9. The van der Waals surface area contributed by atoms with Crippen molar-refractivity contribution in [3.05, 3.63) is 23.8 Å². The summed E-state index contributed by atoms with van der Waals surface area (Å²) in [6.07, 6.45) is 0. The van der Waals surface area contributed by atoms with E-state index < -0.39 is 0 Å². The molecule has 0 spiro atoms. The molecular weight excluding hydrogens is 186 g/mol. The summed E-state index contributed by atoms with van der Waals surface area (Å²) in [4.78, 5) is 0. The predicted molar refractivity (Wildman–Crippen MR) is 67.2 cm³/mol. The van der Waals surface area contributed by atoms with Gasteiger partial charge in [-0.2, -0.15) is 0 Å². The highest BCUT2D eigenvalue weighted by Gasteiger charge is 2.04. The zero-order valence-electron chi connectivity index (χ0n) is 10.3. The van der Waals surface area contributed by atoms with Crippen molar-refractivity contribution in [2.45, 2.75) is 26.8 Å². The van der Waals surface area contributed by atoms with Crippen molar-refractivity contribution in [2.24, 2.45) is 0 Å². The Morgan fingerprint density at radius 3 is 2.33 bits per heavy atom. The summed E-state index contributed by atoms with van der Waals surface area (Å²) in [5.74, 6) is 0. The van der Waals surface area contributed by atoms with Crippen LogP contribution >= 0.6 is 0 Å². The molecule has 0 aliphatic carbocycles. The molecule has 84 valence electrons. The fourth-order valence-corrected chi connectivity index (χ4v) is 1.43. The van der Waals surface area contributed by atoms with E-state index in [4.69, 9.17) is 0 Å². The van der Waals surface area contributed by atoms with E-state index in [1.807, 2.05) is 19.1 Å². The molecule has 0 aliphatic rings. The van der Waals surface area contributed by atoms with E-state index in [-0.39, 0.29) is 0 Å². The smallest absolute Gasteiger partial charge is 0.0724 e. The van der Waals surface area contributed by atoms with E-state index in [2.05, 4.69) is 49.7 Å². The quantitative estimate of drug-likeness (QED) is 0.743. The Morgan fingerprint density at radius 1 is 1.13 bits per heavy atom. The van der Waals surface area contributed by atoms with Crippen LogP contribution < -0.4 is 10.7 Å². The number of rotatable bonds is 4. The summed E-state index contributed by atoms with van der Waals surface area (Å²) in [6, 6.07) is 6.81. The zero-order chi connectivity index (χ0) is 11.4. The van der Waals surface area contributed by atoms with Gasteiger partial charge >= 0.3 is 0 Å². The Balaban J connectivity index is 2.92. The van der Waals surface area contributed by atoms with Gasteiger partial charge in [0.2, 0.25) is 0 Å². The second kappa shape index (κ2) is 5.03. The van der Waals surface area contributed by atoms with E-state index >= 15 is 0 Å². The van der Waals surface area contributed by atoms with Gasteiger partial charge in [0, 0.05) is 20.1 Å². The molecule has 3 heteroatoms. The van der Waals surface area contributed by atoms with Crippen molar-refractivity contribution in [2.75, 3.05) is 24.8 Å². The van der Waals surface area contributed by atoms with Crippen molar-refractivity contribution in [1.29, 1.82) is 0 Å². The Morgan fingerprint density at radius 2 is 1.80 bits per heavy atom. The highest BCUT2D eigenvalue weighted by atomic mass is 15.5. The molecule has 1 aromatic rings. The fraction of sp³-hybridized carbons (Fsp3) is 0.500. The monoisotopic (exact) mass is 207 g/mol. The van der Waals surface area contributed by atoms with Gasteiger partial charge in [-0.1, -0.05) is 6.07 Å². The Kier molecular flexibility index (Phi) is 3.97. The van der Waals surface area contributed by atoms with Gasteiger partial charge in [0.1, 0.15) is 0 Å². The first-order valence-electron chi connectivity index (χ1n) is 5.30. The molecule has 3 nitrogen and oxygen atoms in total. The van der Waals surface area contributed by atoms with Crippen LogP contribution in [0.25, 0.3) is 0 Å². The molecule has 0 atom stereocenters. The highest BCUT2D eigenvalue weighted by Crippen LogP contribution is 2.23.